The van der Waals surface area contributed by atoms with Gasteiger partial charge in [0.05, 0.1) is 5.69 Å². The highest BCUT2D eigenvalue weighted by Crippen LogP contribution is 2.32. The molecule has 1 aliphatic rings. The zero-order valence-electron chi connectivity index (χ0n) is 12.1. The molecule has 0 saturated carbocycles. The van der Waals surface area contributed by atoms with Crippen LogP contribution in [0.25, 0.3) is 0 Å². The molecule has 2 rings (SSSR count). The lowest BCUT2D eigenvalue weighted by molar-refractivity contribution is 0.569. The molecule has 106 valence electrons. The van der Waals surface area contributed by atoms with E-state index in [0.717, 1.165) is 19.0 Å². The van der Waals surface area contributed by atoms with Crippen molar-refractivity contribution in [2.24, 2.45) is 5.92 Å². The Kier molecular flexibility index (Phi) is 5.71. The van der Waals surface area contributed by atoms with E-state index in [4.69, 9.17) is 0 Å². The summed E-state index contributed by atoms with van der Waals surface area (Å²) in [4.78, 5) is 2.52. The normalized spacial score (nSPS) is 19.1. The molecule has 1 aliphatic heterocycles. The minimum atomic E-state index is 0.873. The third-order valence-electron chi connectivity index (χ3n) is 3.97. The predicted octanol–water partition coefficient (Wildman–Crippen LogP) is 4.19. The SMILES string of the molecule is CCCNCc1ccc(N2CCC(CC)C2)c(Br)c1. The highest BCUT2D eigenvalue weighted by atomic mass is 79.9. The van der Waals surface area contributed by atoms with Gasteiger partial charge in [0, 0.05) is 24.1 Å². The molecule has 0 aromatic heterocycles. The fourth-order valence-corrected chi connectivity index (χ4v) is 3.39. The minimum absolute atomic E-state index is 0.873. The van der Waals surface area contributed by atoms with E-state index in [0.29, 0.717) is 0 Å². The second kappa shape index (κ2) is 7.30. The Morgan fingerprint density at radius 3 is 2.84 bits per heavy atom. The van der Waals surface area contributed by atoms with Gasteiger partial charge < -0.3 is 10.2 Å². The van der Waals surface area contributed by atoms with Gasteiger partial charge in [0.15, 0.2) is 0 Å². The average Bonchev–Trinajstić information content (AvgIpc) is 2.88. The van der Waals surface area contributed by atoms with Gasteiger partial charge in [-0.2, -0.15) is 0 Å². The van der Waals surface area contributed by atoms with Crippen molar-refractivity contribution in [3.8, 4) is 0 Å². The Bertz CT molecular complexity index is 406. The van der Waals surface area contributed by atoms with Gasteiger partial charge in [-0.25, -0.2) is 0 Å². The van der Waals surface area contributed by atoms with Crippen LogP contribution in [0.2, 0.25) is 0 Å². The second-order valence-corrected chi connectivity index (χ2v) is 6.33. The molecule has 1 unspecified atom stereocenters. The van der Waals surface area contributed by atoms with E-state index in [-0.39, 0.29) is 0 Å². The monoisotopic (exact) mass is 324 g/mol. The van der Waals surface area contributed by atoms with Crippen molar-refractivity contribution in [2.75, 3.05) is 24.5 Å². The Balaban J connectivity index is 1.99. The van der Waals surface area contributed by atoms with E-state index < -0.39 is 0 Å². The molecule has 3 heteroatoms. The van der Waals surface area contributed by atoms with Crippen LogP contribution in [0.4, 0.5) is 5.69 Å². The third-order valence-corrected chi connectivity index (χ3v) is 4.61. The van der Waals surface area contributed by atoms with E-state index in [2.05, 4.69) is 58.2 Å². The van der Waals surface area contributed by atoms with Crippen molar-refractivity contribution >= 4 is 21.6 Å². The summed E-state index contributed by atoms with van der Waals surface area (Å²) in [6, 6.07) is 6.78. The number of benzene rings is 1. The summed E-state index contributed by atoms with van der Waals surface area (Å²) < 4.78 is 1.24. The number of halogens is 1. The number of anilines is 1. The van der Waals surface area contributed by atoms with Crippen LogP contribution in [0.3, 0.4) is 0 Å². The predicted molar refractivity (Wildman–Crippen MR) is 86.8 cm³/mol. The smallest absolute Gasteiger partial charge is 0.0510 e. The van der Waals surface area contributed by atoms with E-state index in [1.807, 2.05) is 0 Å². The van der Waals surface area contributed by atoms with Crippen molar-refractivity contribution in [1.82, 2.24) is 5.32 Å². The lowest BCUT2D eigenvalue weighted by Crippen LogP contribution is -2.20. The van der Waals surface area contributed by atoms with Gasteiger partial charge in [0.25, 0.3) is 0 Å². The molecule has 0 spiro atoms. The van der Waals surface area contributed by atoms with Crippen molar-refractivity contribution < 1.29 is 0 Å². The number of rotatable bonds is 6. The molecule has 0 radical (unpaired) electrons. The number of hydrogen-bond donors (Lipinski definition) is 1. The molecular formula is C16H25BrN2. The maximum atomic E-state index is 3.74. The van der Waals surface area contributed by atoms with Gasteiger partial charge in [-0.15, -0.1) is 0 Å². The second-order valence-electron chi connectivity index (χ2n) is 5.47. The van der Waals surface area contributed by atoms with Crippen LogP contribution < -0.4 is 10.2 Å². The van der Waals surface area contributed by atoms with Crippen LogP contribution in [0.5, 0.6) is 0 Å². The third kappa shape index (κ3) is 3.96. The molecule has 0 aliphatic carbocycles. The number of nitrogens with one attached hydrogen (secondary N) is 1. The van der Waals surface area contributed by atoms with Crippen molar-refractivity contribution in [3.05, 3.63) is 28.2 Å². The molecule has 1 aromatic rings. The van der Waals surface area contributed by atoms with E-state index in [1.165, 1.54) is 48.1 Å². The van der Waals surface area contributed by atoms with Crippen LogP contribution in [0.15, 0.2) is 22.7 Å². The molecule has 1 heterocycles. The summed E-state index contributed by atoms with van der Waals surface area (Å²) in [5.74, 6) is 0.873. The quantitative estimate of drug-likeness (QED) is 0.789. The van der Waals surface area contributed by atoms with Crippen molar-refractivity contribution in [1.29, 1.82) is 0 Å². The van der Waals surface area contributed by atoms with Gasteiger partial charge in [-0.3, -0.25) is 0 Å². The van der Waals surface area contributed by atoms with Gasteiger partial charge in [0.1, 0.15) is 0 Å². The highest BCUT2D eigenvalue weighted by Gasteiger charge is 2.22. The standard InChI is InChI=1S/C16H25BrN2/c1-3-8-18-11-14-5-6-16(15(17)10-14)19-9-7-13(4-2)12-19/h5-6,10,13,18H,3-4,7-9,11-12H2,1-2H3. The van der Waals surface area contributed by atoms with E-state index in [1.54, 1.807) is 0 Å². The topological polar surface area (TPSA) is 15.3 Å². The van der Waals surface area contributed by atoms with Gasteiger partial charge in [-0.1, -0.05) is 26.3 Å². The Labute approximate surface area is 125 Å². The summed E-state index contributed by atoms with van der Waals surface area (Å²) in [6.07, 6.45) is 3.82. The van der Waals surface area contributed by atoms with Crippen LogP contribution in [0.1, 0.15) is 38.7 Å². The fourth-order valence-electron chi connectivity index (χ4n) is 2.71. The lowest BCUT2D eigenvalue weighted by Gasteiger charge is -2.20. The Morgan fingerprint density at radius 2 is 2.21 bits per heavy atom. The largest absolute Gasteiger partial charge is 0.370 e. The first kappa shape index (κ1) is 14.9. The minimum Gasteiger partial charge on any atom is -0.370 e. The van der Waals surface area contributed by atoms with Crippen LogP contribution >= 0.6 is 15.9 Å². The summed E-state index contributed by atoms with van der Waals surface area (Å²) in [5.41, 5.74) is 2.71. The van der Waals surface area contributed by atoms with E-state index in [9.17, 15) is 0 Å². The fraction of sp³-hybridized carbons (Fsp3) is 0.625. The lowest BCUT2D eigenvalue weighted by atomic mass is 10.1. The maximum Gasteiger partial charge on any atom is 0.0510 e. The summed E-state index contributed by atoms with van der Waals surface area (Å²) >= 11 is 3.74. The zero-order chi connectivity index (χ0) is 13.7. The van der Waals surface area contributed by atoms with Gasteiger partial charge in [0.2, 0.25) is 0 Å². The highest BCUT2D eigenvalue weighted by molar-refractivity contribution is 9.10. The summed E-state index contributed by atoms with van der Waals surface area (Å²) in [6.45, 7) is 8.95. The molecule has 0 bridgehead atoms. The van der Waals surface area contributed by atoms with Crippen LogP contribution in [-0.4, -0.2) is 19.6 Å². The molecule has 19 heavy (non-hydrogen) atoms. The number of nitrogens with zero attached hydrogens (tertiary/aromatic N) is 1. The van der Waals surface area contributed by atoms with Gasteiger partial charge in [-0.05, 0) is 58.9 Å². The summed E-state index contributed by atoms with van der Waals surface area (Å²) in [7, 11) is 0. The van der Waals surface area contributed by atoms with E-state index >= 15 is 0 Å². The first-order valence-electron chi connectivity index (χ1n) is 7.48. The van der Waals surface area contributed by atoms with Crippen molar-refractivity contribution in [3.63, 3.8) is 0 Å². The molecule has 1 aromatic carbocycles. The maximum absolute atomic E-state index is 3.74. The summed E-state index contributed by atoms with van der Waals surface area (Å²) in [5, 5.41) is 3.45. The molecular weight excluding hydrogens is 300 g/mol. The molecule has 1 atom stereocenters. The molecule has 0 amide bonds. The van der Waals surface area contributed by atoms with Crippen LogP contribution in [0, 0.1) is 5.92 Å². The molecule has 1 fully saturated rings. The molecule has 2 nitrogen and oxygen atoms in total. The Hall–Kier alpha value is -0.540. The van der Waals surface area contributed by atoms with Crippen molar-refractivity contribution in [2.45, 2.75) is 39.7 Å². The van der Waals surface area contributed by atoms with Crippen LogP contribution in [-0.2, 0) is 6.54 Å². The zero-order valence-corrected chi connectivity index (χ0v) is 13.7. The number of hydrogen-bond acceptors (Lipinski definition) is 2. The molecule has 1 N–H and O–H groups in total. The van der Waals surface area contributed by atoms with Gasteiger partial charge >= 0.3 is 0 Å². The first-order chi connectivity index (χ1) is 9.24. The first-order valence-corrected chi connectivity index (χ1v) is 8.28. The molecule has 1 saturated heterocycles. The Morgan fingerprint density at radius 1 is 1.37 bits per heavy atom. The average molecular weight is 325 g/mol.